The van der Waals surface area contributed by atoms with E-state index in [0.717, 1.165) is 30.8 Å². The van der Waals surface area contributed by atoms with Gasteiger partial charge in [0.15, 0.2) is 0 Å². The summed E-state index contributed by atoms with van der Waals surface area (Å²) >= 11 is 1.07. The van der Waals surface area contributed by atoms with Crippen molar-refractivity contribution in [2.75, 3.05) is 13.1 Å². The maximum absolute atomic E-state index is 12.3. The molecule has 1 saturated heterocycles. The Bertz CT molecular complexity index is 780. The molecule has 1 aliphatic heterocycles. The summed E-state index contributed by atoms with van der Waals surface area (Å²) < 4.78 is 0. The molecule has 2 aromatic heterocycles. The van der Waals surface area contributed by atoms with Crippen LogP contribution in [0.15, 0.2) is 4.79 Å². The highest BCUT2D eigenvalue weighted by Crippen LogP contribution is 2.27. The first-order valence-electron chi connectivity index (χ1n) is 7.43. The smallest absolute Gasteiger partial charge is 0.346 e. The van der Waals surface area contributed by atoms with Crippen LogP contribution in [0.4, 0.5) is 0 Å². The first kappa shape index (κ1) is 15.2. The zero-order valence-electron chi connectivity index (χ0n) is 12.7. The molecule has 3 heterocycles. The molecule has 22 heavy (non-hydrogen) atoms. The van der Waals surface area contributed by atoms with Gasteiger partial charge in [-0.15, -0.1) is 11.3 Å². The zero-order chi connectivity index (χ0) is 15.9. The number of carboxylic acids is 1. The minimum Gasteiger partial charge on any atom is -0.477 e. The number of aryl methyl sites for hydroxylation is 1. The Morgan fingerprint density at radius 3 is 3.00 bits per heavy atom. The van der Waals surface area contributed by atoms with Crippen molar-refractivity contribution >= 4 is 27.5 Å². The number of nitrogens with zero attached hydrogens (tertiary/aromatic N) is 2. The quantitative estimate of drug-likeness (QED) is 0.905. The number of likely N-dealkylation sites (tertiary alicyclic amines) is 1. The van der Waals surface area contributed by atoms with E-state index in [4.69, 9.17) is 0 Å². The number of piperidine rings is 1. The van der Waals surface area contributed by atoms with Crippen molar-refractivity contribution in [2.24, 2.45) is 5.92 Å². The normalized spacial score (nSPS) is 19.6. The van der Waals surface area contributed by atoms with Gasteiger partial charge in [0.25, 0.3) is 5.56 Å². The lowest BCUT2D eigenvalue weighted by molar-refractivity contribution is 0.0701. The van der Waals surface area contributed by atoms with Crippen LogP contribution in [0.25, 0.3) is 10.2 Å². The first-order valence-corrected chi connectivity index (χ1v) is 8.25. The van der Waals surface area contributed by atoms with E-state index in [1.165, 1.54) is 6.42 Å². The van der Waals surface area contributed by atoms with Crippen molar-refractivity contribution in [3.05, 3.63) is 26.6 Å². The maximum atomic E-state index is 12.3. The Balaban J connectivity index is 1.95. The van der Waals surface area contributed by atoms with Gasteiger partial charge in [0.05, 0.1) is 11.9 Å². The highest BCUT2D eigenvalue weighted by atomic mass is 32.1. The van der Waals surface area contributed by atoms with Gasteiger partial charge in [0, 0.05) is 6.54 Å². The molecule has 0 spiro atoms. The molecule has 0 aromatic carbocycles. The van der Waals surface area contributed by atoms with E-state index in [-0.39, 0.29) is 10.4 Å². The molecular formula is C15H19N3O3S. The van der Waals surface area contributed by atoms with Crippen molar-refractivity contribution in [1.82, 2.24) is 14.9 Å². The van der Waals surface area contributed by atoms with Gasteiger partial charge >= 0.3 is 5.97 Å². The third-order valence-corrected chi connectivity index (χ3v) is 5.33. The molecule has 2 aromatic rings. The summed E-state index contributed by atoms with van der Waals surface area (Å²) in [6.07, 6.45) is 2.40. The van der Waals surface area contributed by atoms with Crippen molar-refractivity contribution in [3.8, 4) is 0 Å². The molecule has 118 valence electrons. The number of thiophene rings is 1. The Morgan fingerprint density at radius 2 is 2.32 bits per heavy atom. The minimum absolute atomic E-state index is 0.191. The average Bonchev–Trinajstić information content (AvgIpc) is 2.76. The number of aromatic amines is 1. The Labute approximate surface area is 131 Å². The van der Waals surface area contributed by atoms with Gasteiger partial charge in [-0.25, -0.2) is 9.78 Å². The minimum atomic E-state index is -1.01. The fourth-order valence-electron chi connectivity index (χ4n) is 3.11. The third kappa shape index (κ3) is 2.78. The van der Waals surface area contributed by atoms with Gasteiger partial charge in [0.1, 0.15) is 15.5 Å². The van der Waals surface area contributed by atoms with Crippen LogP contribution in [-0.2, 0) is 6.54 Å². The van der Waals surface area contributed by atoms with Crippen molar-refractivity contribution in [2.45, 2.75) is 33.2 Å². The number of hydrogen-bond acceptors (Lipinski definition) is 5. The second-order valence-corrected chi connectivity index (χ2v) is 7.04. The van der Waals surface area contributed by atoms with Crippen LogP contribution >= 0.6 is 11.3 Å². The molecule has 6 nitrogen and oxygen atoms in total. The molecule has 1 unspecified atom stereocenters. The van der Waals surface area contributed by atoms with Gasteiger partial charge in [-0.05, 0) is 37.8 Å². The van der Waals surface area contributed by atoms with Crippen LogP contribution in [0, 0.1) is 12.8 Å². The van der Waals surface area contributed by atoms with Crippen LogP contribution < -0.4 is 5.56 Å². The summed E-state index contributed by atoms with van der Waals surface area (Å²) in [5.41, 5.74) is 0.255. The predicted molar refractivity (Wildman–Crippen MR) is 85.6 cm³/mol. The topological polar surface area (TPSA) is 86.3 Å². The number of H-pyrrole nitrogens is 1. The van der Waals surface area contributed by atoms with Gasteiger partial charge in [-0.3, -0.25) is 9.69 Å². The number of rotatable bonds is 3. The van der Waals surface area contributed by atoms with E-state index in [1.54, 1.807) is 6.92 Å². The van der Waals surface area contributed by atoms with Gasteiger partial charge in [0.2, 0.25) is 0 Å². The molecular weight excluding hydrogens is 302 g/mol. The summed E-state index contributed by atoms with van der Waals surface area (Å²) in [5, 5.41) is 9.58. The van der Waals surface area contributed by atoms with Crippen LogP contribution in [0.5, 0.6) is 0 Å². The summed E-state index contributed by atoms with van der Waals surface area (Å²) in [6.45, 7) is 6.51. The number of nitrogens with one attached hydrogen (secondary N) is 1. The first-order chi connectivity index (χ1) is 10.5. The SMILES string of the molecule is Cc1c(C(=O)O)sc2nc(CN3CCCC(C)C3)[nH]c(=O)c12. The predicted octanol–water partition coefficient (Wildman–Crippen LogP) is 2.22. The molecule has 7 heteroatoms. The second-order valence-electron chi connectivity index (χ2n) is 6.04. The van der Waals surface area contributed by atoms with Crippen molar-refractivity contribution < 1.29 is 9.90 Å². The van der Waals surface area contributed by atoms with E-state index in [9.17, 15) is 14.7 Å². The van der Waals surface area contributed by atoms with Crippen LogP contribution in [-0.4, -0.2) is 39.0 Å². The maximum Gasteiger partial charge on any atom is 0.346 e. The third-order valence-electron chi connectivity index (χ3n) is 4.16. The lowest BCUT2D eigenvalue weighted by Gasteiger charge is -2.30. The van der Waals surface area contributed by atoms with E-state index in [2.05, 4.69) is 21.8 Å². The molecule has 0 amide bonds. The fraction of sp³-hybridized carbons (Fsp3) is 0.533. The Kier molecular flexibility index (Phi) is 4.01. The number of carbonyl (C=O) groups is 1. The number of carboxylic acid groups (broad SMARTS) is 1. The molecule has 0 radical (unpaired) electrons. The summed E-state index contributed by atoms with van der Waals surface area (Å²) in [7, 11) is 0. The Hall–Kier alpha value is -1.73. The van der Waals surface area contributed by atoms with E-state index < -0.39 is 5.97 Å². The van der Waals surface area contributed by atoms with E-state index in [1.807, 2.05) is 0 Å². The summed E-state index contributed by atoms with van der Waals surface area (Å²) in [6, 6.07) is 0. The molecule has 0 saturated carbocycles. The largest absolute Gasteiger partial charge is 0.477 e. The molecule has 3 rings (SSSR count). The van der Waals surface area contributed by atoms with Crippen LogP contribution in [0.1, 0.15) is 40.8 Å². The molecule has 1 fully saturated rings. The van der Waals surface area contributed by atoms with Gasteiger partial charge in [-0.2, -0.15) is 0 Å². The molecule has 1 atom stereocenters. The summed E-state index contributed by atoms with van der Waals surface area (Å²) in [4.78, 5) is 33.7. The average molecular weight is 321 g/mol. The van der Waals surface area contributed by atoms with Gasteiger partial charge in [-0.1, -0.05) is 6.92 Å². The second kappa shape index (κ2) is 5.81. The zero-order valence-corrected chi connectivity index (χ0v) is 13.5. The van der Waals surface area contributed by atoms with E-state index >= 15 is 0 Å². The fourth-order valence-corrected chi connectivity index (χ4v) is 4.15. The standard InChI is InChI=1S/C15H19N3O3S/c1-8-4-3-5-18(6-8)7-10-16-13(19)11-9(2)12(15(20)21)22-14(11)17-10/h8H,3-7H2,1-2H3,(H,20,21)(H,16,17,19). The highest BCUT2D eigenvalue weighted by molar-refractivity contribution is 7.20. The molecule has 2 N–H and O–H groups in total. The lowest BCUT2D eigenvalue weighted by atomic mass is 10.0. The number of aromatic nitrogens is 2. The van der Waals surface area contributed by atoms with Crippen LogP contribution in [0.3, 0.4) is 0 Å². The highest BCUT2D eigenvalue weighted by Gasteiger charge is 2.20. The summed E-state index contributed by atoms with van der Waals surface area (Å²) in [5.74, 6) is 0.267. The van der Waals surface area contributed by atoms with Crippen molar-refractivity contribution in [1.29, 1.82) is 0 Å². The molecule has 0 bridgehead atoms. The van der Waals surface area contributed by atoms with Crippen molar-refractivity contribution in [3.63, 3.8) is 0 Å². The Morgan fingerprint density at radius 1 is 1.55 bits per heavy atom. The molecule has 1 aliphatic rings. The number of hydrogen-bond donors (Lipinski definition) is 2. The van der Waals surface area contributed by atoms with Gasteiger partial charge < -0.3 is 10.1 Å². The van der Waals surface area contributed by atoms with E-state index in [0.29, 0.717) is 34.1 Å². The monoisotopic (exact) mass is 321 g/mol. The number of aromatic carboxylic acids is 1. The number of fused-ring (bicyclic) bond motifs is 1. The van der Waals surface area contributed by atoms with Crippen LogP contribution in [0.2, 0.25) is 0 Å². The lowest BCUT2D eigenvalue weighted by Crippen LogP contribution is -2.34. The molecule has 0 aliphatic carbocycles.